The molecule has 0 amide bonds. The Kier molecular flexibility index (Phi) is 4.11. The van der Waals surface area contributed by atoms with Crippen LogP contribution in [0.4, 0.5) is 0 Å². The van der Waals surface area contributed by atoms with Gasteiger partial charge in [0.05, 0.1) is 18.7 Å². The molecule has 1 aliphatic carbocycles. The van der Waals surface area contributed by atoms with Crippen molar-refractivity contribution < 1.29 is 9.53 Å². The second-order valence-corrected chi connectivity index (χ2v) is 5.91. The standard InChI is InChI=1S/C19H19NO2/c1-22-19-9-7-14-10-13(12-20)6-8-16(14)17(19)11-15-4-2-3-5-18(15)21/h6-10,15H,2-5,11H2,1H3/t15-/m0/s1. The molecule has 0 heterocycles. The summed E-state index contributed by atoms with van der Waals surface area (Å²) in [5.74, 6) is 1.30. The van der Waals surface area contributed by atoms with E-state index >= 15 is 0 Å². The molecule has 0 bridgehead atoms. The third-order valence-electron chi connectivity index (χ3n) is 4.57. The van der Waals surface area contributed by atoms with Crippen LogP contribution < -0.4 is 4.74 Å². The fourth-order valence-electron chi connectivity index (χ4n) is 3.36. The van der Waals surface area contributed by atoms with E-state index in [1.54, 1.807) is 7.11 Å². The lowest BCUT2D eigenvalue weighted by atomic mass is 9.82. The zero-order valence-electron chi connectivity index (χ0n) is 12.8. The first kappa shape index (κ1) is 14.6. The molecule has 3 heteroatoms. The number of fused-ring (bicyclic) bond motifs is 1. The molecule has 3 rings (SSSR count). The highest BCUT2D eigenvalue weighted by Gasteiger charge is 2.24. The van der Waals surface area contributed by atoms with Crippen LogP contribution in [0.5, 0.6) is 5.75 Å². The van der Waals surface area contributed by atoms with Crippen molar-refractivity contribution in [3.8, 4) is 11.8 Å². The highest BCUT2D eigenvalue weighted by molar-refractivity contribution is 5.90. The van der Waals surface area contributed by atoms with Crippen LogP contribution in [0.2, 0.25) is 0 Å². The van der Waals surface area contributed by atoms with Crippen LogP contribution in [0.3, 0.4) is 0 Å². The van der Waals surface area contributed by atoms with Gasteiger partial charge in [0.2, 0.25) is 0 Å². The number of nitrogens with zero attached hydrogens (tertiary/aromatic N) is 1. The number of methoxy groups -OCH3 is 1. The van der Waals surface area contributed by atoms with Gasteiger partial charge in [0.25, 0.3) is 0 Å². The largest absolute Gasteiger partial charge is 0.496 e. The van der Waals surface area contributed by atoms with Crippen molar-refractivity contribution in [1.29, 1.82) is 5.26 Å². The van der Waals surface area contributed by atoms with Crippen molar-refractivity contribution >= 4 is 16.6 Å². The van der Waals surface area contributed by atoms with Crippen molar-refractivity contribution in [3.63, 3.8) is 0 Å². The molecular weight excluding hydrogens is 274 g/mol. The van der Waals surface area contributed by atoms with Gasteiger partial charge in [-0.05, 0) is 48.2 Å². The quantitative estimate of drug-likeness (QED) is 0.858. The van der Waals surface area contributed by atoms with E-state index in [1.807, 2.05) is 30.3 Å². The van der Waals surface area contributed by atoms with Crippen molar-refractivity contribution in [1.82, 2.24) is 0 Å². The zero-order valence-corrected chi connectivity index (χ0v) is 12.8. The fourth-order valence-corrected chi connectivity index (χ4v) is 3.36. The Morgan fingerprint density at radius 1 is 1.27 bits per heavy atom. The van der Waals surface area contributed by atoms with Crippen LogP contribution in [0.25, 0.3) is 10.8 Å². The molecule has 2 aromatic carbocycles. The van der Waals surface area contributed by atoms with Crippen LogP contribution in [0.1, 0.15) is 36.8 Å². The third-order valence-corrected chi connectivity index (χ3v) is 4.57. The van der Waals surface area contributed by atoms with E-state index in [9.17, 15) is 4.79 Å². The van der Waals surface area contributed by atoms with Gasteiger partial charge in [-0.2, -0.15) is 5.26 Å². The van der Waals surface area contributed by atoms with Crippen LogP contribution in [0, 0.1) is 17.2 Å². The van der Waals surface area contributed by atoms with Gasteiger partial charge in [0.1, 0.15) is 11.5 Å². The molecule has 1 atom stereocenters. The first-order chi connectivity index (χ1) is 10.7. The lowest BCUT2D eigenvalue weighted by Crippen LogP contribution is -2.21. The molecule has 2 aromatic rings. The number of Topliss-reactive ketones (excluding diaryl/α,β-unsaturated/α-hetero) is 1. The van der Waals surface area contributed by atoms with E-state index in [4.69, 9.17) is 10.00 Å². The van der Waals surface area contributed by atoms with Gasteiger partial charge in [-0.15, -0.1) is 0 Å². The van der Waals surface area contributed by atoms with E-state index in [0.29, 0.717) is 17.8 Å². The maximum absolute atomic E-state index is 12.2. The number of carbonyl (C=O) groups is 1. The number of carbonyl (C=O) groups excluding carboxylic acids is 1. The normalized spacial score (nSPS) is 18.2. The van der Waals surface area contributed by atoms with Gasteiger partial charge in [-0.3, -0.25) is 4.79 Å². The van der Waals surface area contributed by atoms with Crippen LogP contribution >= 0.6 is 0 Å². The van der Waals surface area contributed by atoms with Crippen molar-refractivity contribution in [2.24, 2.45) is 5.92 Å². The molecular formula is C19H19NO2. The van der Waals surface area contributed by atoms with E-state index in [1.165, 1.54) is 0 Å². The average Bonchev–Trinajstić information content (AvgIpc) is 2.56. The SMILES string of the molecule is COc1ccc2cc(C#N)ccc2c1C[C@@H]1CCCCC1=O. The minimum Gasteiger partial charge on any atom is -0.496 e. The van der Waals surface area contributed by atoms with Gasteiger partial charge in [-0.1, -0.05) is 18.6 Å². The smallest absolute Gasteiger partial charge is 0.136 e. The minimum atomic E-state index is 0.101. The van der Waals surface area contributed by atoms with Crippen LogP contribution in [-0.4, -0.2) is 12.9 Å². The minimum absolute atomic E-state index is 0.101. The van der Waals surface area contributed by atoms with E-state index in [-0.39, 0.29) is 5.92 Å². The molecule has 1 saturated carbocycles. The summed E-state index contributed by atoms with van der Waals surface area (Å²) >= 11 is 0. The Morgan fingerprint density at radius 2 is 2.14 bits per heavy atom. The van der Waals surface area contributed by atoms with Gasteiger partial charge < -0.3 is 4.74 Å². The molecule has 0 unspecified atom stereocenters. The van der Waals surface area contributed by atoms with E-state index in [2.05, 4.69) is 6.07 Å². The lowest BCUT2D eigenvalue weighted by Gasteiger charge is -2.22. The summed E-state index contributed by atoms with van der Waals surface area (Å²) in [7, 11) is 1.66. The summed E-state index contributed by atoms with van der Waals surface area (Å²) in [5.41, 5.74) is 1.74. The molecule has 0 aromatic heterocycles. The van der Waals surface area contributed by atoms with E-state index < -0.39 is 0 Å². The molecule has 0 radical (unpaired) electrons. The predicted molar refractivity (Wildman–Crippen MR) is 85.9 cm³/mol. The first-order valence-corrected chi connectivity index (χ1v) is 7.75. The molecule has 0 saturated heterocycles. The summed E-state index contributed by atoms with van der Waals surface area (Å²) in [5, 5.41) is 11.1. The van der Waals surface area contributed by atoms with Gasteiger partial charge in [0.15, 0.2) is 0 Å². The highest BCUT2D eigenvalue weighted by Crippen LogP contribution is 2.33. The Balaban J connectivity index is 2.05. The second kappa shape index (κ2) is 6.19. The number of hydrogen-bond donors (Lipinski definition) is 0. The summed E-state index contributed by atoms with van der Waals surface area (Å²) in [6.07, 6.45) is 4.55. The number of ether oxygens (including phenoxy) is 1. The molecule has 22 heavy (non-hydrogen) atoms. The fraction of sp³-hybridized carbons (Fsp3) is 0.368. The Bertz CT molecular complexity index is 758. The maximum Gasteiger partial charge on any atom is 0.136 e. The van der Waals surface area contributed by atoms with Crippen molar-refractivity contribution in [3.05, 3.63) is 41.5 Å². The molecule has 0 spiro atoms. The first-order valence-electron chi connectivity index (χ1n) is 7.75. The summed E-state index contributed by atoms with van der Waals surface area (Å²) in [6, 6.07) is 11.8. The zero-order chi connectivity index (χ0) is 15.5. The lowest BCUT2D eigenvalue weighted by molar-refractivity contribution is -0.124. The van der Waals surface area contributed by atoms with Gasteiger partial charge in [0, 0.05) is 17.9 Å². The number of hydrogen-bond acceptors (Lipinski definition) is 3. The average molecular weight is 293 g/mol. The summed E-state index contributed by atoms with van der Waals surface area (Å²) < 4.78 is 5.51. The third kappa shape index (κ3) is 2.69. The molecule has 0 N–H and O–H groups in total. The summed E-state index contributed by atoms with van der Waals surface area (Å²) in [6.45, 7) is 0. The molecule has 3 nitrogen and oxygen atoms in total. The molecule has 0 aliphatic heterocycles. The highest BCUT2D eigenvalue weighted by atomic mass is 16.5. The van der Waals surface area contributed by atoms with Gasteiger partial charge in [-0.25, -0.2) is 0 Å². The Labute approximate surface area is 130 Å². The van der Waals surface area contributed by atoms with Crippen molar-refractivity contribution in [2.75, 3.05) is 7.11 Å². The molecule has 1 aliphatic rings. The second-order valence-electron chi connectivity index (χ2n) is 5.91. The van der Waals surface area contributed by atoms with Crippen LogP contribution in [-0.2, 0) is 11.2 Å². The monoisotopic (exact) mass is 293 g/mol. The maximum atomic E-state index is 12.2. The van der Waals surface area contributed by atoms with Gasteiger partial charge >= 0.3 is 0 Å². The molecule has 1 fully saturated rings. The van der Waals surface area contributed by atoms with Crippen molar-refractivity contribution in [2.45, 2.75) is 32.1 Å². The van der Waals surface area contributed by atoms with Crippen LogP contribution in [0.15, 0.2) is 30.3 Å². The predicted octanol–water partition coefficient (Wildman–Crippen LogP) is 4.02. The number of benzene rings is 2. The number of ketones is 1. The topological polar surface area (TPSA) is 50.1 Å². The van der Waals surface area contributed by atoms with E-state index in [0.717, 1.165) is 47.8 Å². The summed E-state index contributed by atoms with van der Waals surface area (Å²) in [4.78, 5) is 12.2. The molecule has 112 valence electrons. The Hall–Kier alpha value is -2.34. The Morgan fingerprint density at radius 3 is 2.86 bits per heavy atom. The number of nitriles is 1. The number of rotatable bonds is 3.